The van der Waals surface area contributed by atoms with Gasteiger partial charge >= 0.3 is 0 Å². The minimum Gasteiger partial charge on any atom is -0.393 e. The van der Waals surface area contributed by atoms with Crippen LogP contribution < -0.4 is 5.32 Å². The number of ether oxygens (including phenoxy) is 1. The van der Waals surface area contributed by atoms with E-state index in [1.165, 1.54) is 12.8 Å². The molecular weight excluding hydrogens is 266 g/mol. The number of aliphatic hydroxyl groups excluding tert-OH is 1. The van der Waals surface area contributed by atoms with Gasteiger partial charge in [-0.3, -0.25) is 4.99 Å². The maximum absolute atomic E-state index is 9.88. The van der Waals surface area contributed by atoms with Gasteiger partial charge in [-0.05, 0) is 38.5 Å². The Morgan fingerprint density at radius 2 is 2.14 bits per heavy atom. The Hall–Kier alpha value is -0.810. The van der Waals surface area contributed by atoms with E-state index in [0.717, 1.165) is 64.0 Å². The average molecular weight is 297 g/mol. The van der Waals surface area contributed by atoms with Gasteiger partial charge in [0.25, 0.3) is 0 Å². The first-order valence-electron chi connectivity index (χ1n) is 8.46. The van der Waals surface area contributed by atoms with Crippen LogP contribution in [0, 0.1) is 11.8 Å². The van der Waals surface area contributed by atoms with Crippen LogP contribution in [0.5, 0.6) is 0 Å². The molecule has 0 spiro atoms. The van der Waals surface area contributed by atoms with E-state index < -0.39 is 0 Å². The second kappa shape index (κ2) is 8.59. The van der Waals surface area contributed by atoms with Gasteiger partial charge in [-0.15, -0.1) is 0 Å². The SMILES string of the molecule is CCNC(=NCC1CCCC1O)N(C)CCOCC1CC1. The lowest BCUT2D eigenvalue weighted by Gasteiger charge is -2.23. The number of guanidine groups is 1. The molecule has 2 aliphatic carbocycles. The van der Waals surface area contributed by atoms with Crippen LogP contribution in [0.1, 0.15) is 39.0 Å². The second-order valence-corrected chi connectivity index (χ2v) is 6.39. The number of aliphatic imine (C=N–C) groups is 1. The molecule has 21 heavy (non-hydrogen) atoms. The van der Waals surface area contributed by atoms with Crippen molar-refractivity contribution in [2.24, 2.45) is 16.8 Å². The molecule has 2 atom stereocenters. The monoisotopic (exact) mass is 297 g/mol. The number of hydrogen-bond acceptors (Lipinski definition) is 3. The molecule has 5 nitrogen and oxygen atoms in total. The maximum atomic E-state index is 9.88. The summed E-state index contributed by atoms with van der Waals surface area (Å²) in [4.78, 5) is 6.81. The van der Waals surface area contributed by atoms with Crippen molar-refractivity contribution in [1.29, 1.82) is 0 Å². The van der Waals surface area contributed by atoms with Crippen LogP contribution in [0.3, 0.4) is 0 Å². The van der Waals surface area contributed by atoms with Crippen molar-refractivity contribution in [3.05, 3.63) is 0 Å². The van der Waals surface area contributed by atoms with Crippen molar-refractivity contribution in [3.8, 4) is 0 Å². The van der Waals surface area contributed by atoms with E-state index in [1.807, 2.05) is 7.05 Å². The Morgan fingerprint density at radius 1 is 1.33 bits per heavy atom. The van der Waals surface area contributed by atoms with Crippen LogP contribution in [0.2, 0.25) is 0 Å². The number of aliphatic hydroxyl groups is 1. The van der Waals surface area contributed by atoms with Gasteiger partial charge in [0.05, 0.1) is 12.7 Å². The fourth-order valence-electron chi connectivity index (χ4n) is 2.75. The predicted molar refractivity (Wildman–Crippen MR) is 85.5 cm³/mol. The Bertz CT molecular complexity index is 331. The number of rotatable bonds is 8. The summed E-state index contributed by atoms with van der Waals surface area (Å²) in [6.45, 7) is 6.18. The van der Waals surface area contributed by atoms with Crippen molar-refractivity contribution in [3.63, 3.8) is 0 Å². The molecule has 122 valence electrons. The molecule has 2 unspecified atom stereocenters. The molecule has 0 radical (unpaired) electrons. The Morgan fingerprint density at radius 3 is 2.76 bits per heavy atom. The van der Waals surface area contributed by atoms with Crippen LogP contribution in [-0.4, -0.2) is 62.0 Å². The minimum absolute atomic E-state index is 0.163. The van der Waals surface area contributed by atoms with Gasteiger partial charge < -0.3 is 20.1 Å². The third kappa shape index (κ3) is 5.83. The second-order valence-electron chi connectivity index (χ2n) is 6.39. The zero-order valence-electron chi connectivity index (χ0n) is 13.6. The molecule has 0 heterocycles. The molecule has 2 rings (SSSR count). The summed E-state index contributed by atoms with van der Waals surface area (Å²) >= 11 is 0. The van der Waals surface area contributed by atoms with E-state index in [9.17, 15) is 5.11 Å². The summed E-state index contributed by atoms with van der Waals surface area (Å²) in [7, 11) is 2.05. The minimum atomic E-state index is -0.163. The summed E-state index contributed by atoms with van der Waals surface area (Å²) in [5.74, 6) is 2.07. The van der Waals surface area contributed by atoms with E-state index in [-0.39, 0.29) is 6.10 Å². The van der Waals surface area contributed by atoms with Gasteiger partial charge in [0.15, 0.2) is 5.96 Å². The van der Waals surface area contributed by atoms with Crippen molar-refractivity contribution >= 4 is 5.96 Å². The molecule has 0 aromatic carbocycles. The van der Waals surface area contributed by atoms with Gasteiger partial charge in [0.2, 0.25) is 0 Å². The molecule has 2 fully saturated rings. The van der Waals surface area contributed by atoms with Crippen molar-refractivity contribution < 1.29 is 9.84 Å². The lowest BCUT2D eigenvalue weighted by atomic mass is 10.1. The lowest BCUT2D eigenvalue weighted by Crippen LogP contribution is -2.41. The summed E-state index contributed by atoms with van der Waals surface area (Å²) in [6, 6.07) is 0. The molecule has 0 bridgehead atoms. The van der Waals surface area contributed by atoms with Crippen LogP contribution in [0.15, 0.2) is 4.99 Å². The zero-order valence-corrected chi connectivity index (χ0v) is 13.6. The van der Waals surface area contributed by atoms with Crippen LogP contribution in [-0.2, 0) is 4.74 Å². The summed E-state index contributed by atoms with van der Waals surface area (Å²) in [5, 5.41) is 13.2. The van der Waals surface area contributed by atoms with E-state index in [4.69, 9.17) is 4.74 Å². The number of nitrogens with zero attached hydrogens (tertiary/aromatic N) is 2. The summed E-state index contributed by atoms with van der Waals surface area (Å²) in [5.41, 5.74) is 0. The summed E-state index contributed by atoms with van der Waals surface area (Å²) in [6.07, 6.45) is 5.67. The molecule has 2 N–H and O–H groups in total. The number of nitrogens with one attached hydrogen (secondary N) is 1. The molecule has 0 aromatic rings. The van der Waals surface area contributed by atoms with Gasteiger partial charge in [0.1, 0.15) is 0 Å². The van der Waals surface area contributed by atoms with Crippen molar-refractivity contribution in [1.82, 2.24) is 10.2 Å². The fourth-order valence-corrected chi connectivity index (χ4v) is 2.75. The van der Waals surface area contributed by atoms with E-state index >= 15 is 0 Å². The summed E-state index contributed by atoms with van der Waals surface area (Å²) < 4.78 is 5.69. The van der Waals surface area contributed by atoms with Gasteiger partial charge in [0, 0.05) is 39.2 Å². The van der Waals surface area contributed by atoms with Gasteiger partial charge in [-0.1, -0.05) is 6.42 Å². The largest absolute Gasteiger partial charge is 0.393 e. The smallest absolute Gasteiger partial charge is 0.193 e. The highest BCUT2D eigenvalue weighted by Crippen LogP contribution is 2.28. The Kier molecular flexibility index (Phi) is 6.77. The third-order valence-electron chi connectivity index (χ3n) is 4.41. The van der Waals surface area contributed by atoms with Crippen molar-refractivity contribution in [2.45, 2.75) is 45.1 Å². The molecule has 0 amide bonds. The van der Waals surface area contributed by atoms with Gasteiger partial charge in [-0.25, -0.2) is 0 Å². The van der Waals surface area contributed by atoms with E-state index in [1.54, 1.807) is 0 Å². The molecule has 0 aromatic heterocycles. The van der Waals surface area contributed by atoms with E-state index in [2.05, 4.69) is 22.1 Å². The quantitative estimate of drug-likeness (QED) is 0.405. The molecule has 5 heteroatoms. The normalized spacial score (nSPS) is 26.1. The maximum Gasteiger partial charge on any atom is 0.193 e. The number of hydrogen-bond donors (Lipinski definition) is 2. The van der Waals surface area contributed by atoms with Gasteiger partial charge in [-0.2, -0.15) is 0 Å². The highest BCUT2D eigenvalue weighted by molar-refractivity contribution is 5.79. The molecule has 2 saturated carbocycles. The lowest BCUT2D eigenvalue weighted by molar-refractivity contribution is 0.115. The average Bonchev–Trinajstić information content (AvgIpc) is 3.21. The predicted octanol–water partition coefficient (Wildman–Crippen LogP) is 1.47. The molecule has 2 aliphatic rings. The van der Waals surface area contributed by atoms with Crippen LogP contribution in [0.25, 0.3) is 0 Å². The third-order valence-corrected chi connectivity index (χ3v) is 4.41. The highest BCUT2D eigenvalue weighted by atomic mass is 16.5. The fraction of sp³-hybridized carbons (Fsp3) is 0.938. The number of likely N-dealkylation sites (N-methyl/N-ethyl adjacent to an activating group) is 1. The standard InChI is InChI=1S/C16H31N3O2/c1-3-17-16(18-11-14-5-4-6-15(14)20)19(2)9-10-21-12-13-7-8-13/h13-15,20H,3-12H2,1-2H3,(H,17,18). The van der Waals surface area contributed by atoms with Crippen molar-refractivity contribution in [2.75, 3.05) is 39.9 Å². The molecular formula is C16H31N3O2. The van der Waals surface area contributed by atoms with E-state index in [0.29, 0.717) is 5.92 Å². The zero-order chi connectivity index (χ0) is 15.1. The molecule has 0 saturated heterocycles. The first kappa shape index (κ1) is 16.6. The van der Waals surface area contributed by atoms with Crippen LogP contribution >= 0.6 is 0 Å². The first-order valence-corrected chi connectivity index (χ1v) is 8.46. The Labute approximate surface area is 128 Å². The Balaban J connectivity index is 1.72. The topological polar surface area (TPSA) is 57.1 Å². The van der Waals surface area contributed by atoms with Crippen LogP contribution in [0.4, 0.5) is 0 Å². The first-order chi connectivity index (χ1) is 10.2. The highest BCUT2D eigenvalue weighted by Gasteiger charge is 2.25. The molecule has 0 aliphatic heterocycles.